The Kier molecular flexibility index (Phi) is 4.12. The monoisotopic (exact) mass is 284 g/mol. The van der Waals surface area contributed by atoms with Gasteiger partial charge in [0.2, 0.25) is 0 Å². The lowest BCUT2D eigenvalue weighted by Crippen LogP contribution is -2.23. The van der Waals surface area contributed by atoms with Crippen molar-refractivity contribution in [2.24, 2.45) is 5.41 Å². The molecule has 3 heteroatoms. The number of Topliss-reactive ketones (excluding diaryl/α,β-unsaturated/α-hetero) is 2. The van der Waals surface area contributed by atoms with E-state index in [1.807, 2.05) is 51.1 Å². The first-order valence-corrected chi connectivity index (χ1v) is 6.95. The number of carbonyl (C=O) groups is 2. The molecule has 0 aliphatic rings. The second kappa shape index (κ2) is 5.68. The van der Waals surface area contributed by atoms with Crippen molar-refractivity contribution in [1.82, 2.24) is 0 Å². The van der Waals surface area contributed by atoms with Crippen molar-refractivity contribution in [1.29, 1.82) is 0 Å². The molecule has 0 bridgehead atoms. The predicted octanol–water partition coefficient (Wildman–Crippen LogP) is 4.04. The maximum atomic E-state index is 12.2. The van der Waals surface area contributed by atoms with Gasteiger partial charge in [-0.1, -0.05) is 39.0 Å². The minimum absolute atomic E-state index is 0.0395. The standard InChI is InChI=1S/C18H20O3/c1-18(2,3)17(20)11-16(19)14-6-5-13-10-15(21-4)8-7-12(13)9-14/h5-10H,11H2,1-4H3. The van der Waals surface area contributed by atoms with Gasteiger partial charge >= 0.3 is 0 Å². The molecule has 110 valence electrons. The Morgan fingerprint density at radius 1 is 1.00 bits per heavy atom. The molecule has 0 atom stereocenters. The molecule has 0 aromatic heterocycles. The Labute approximate surface area is 124 Å². The van der Waals surface area contributed by atoms with Crippen LogP contribution in [-0.4, -0.2) is 18.7 Å². The van der Waals surface area contributed by atoms with E-state index in [0.29, 0.717) is 5.56 Å². The topological polar surface area (TPSA) is 43.4 Å². The van der Waals surface area contributed by atoms with E-state index in [-0.39, 0.29) is 18.0 Å². The molecule has 0 saturated heterocycles. The lowest BCUT2D eigenvalue weighted by Gasteiger charge is -2.15. The van der Waals surface area contributed by atoms with Gasteiger partial charge in [-0.15, -0.1) is 0 Å². The number of ether oxygens (including phenoxy) is 1. The van der Waals surface area contributed by atoms with Crippen LogP contribution >= 0.6 is 0 Å². The number of fused-ring (bicyclic) bond motifs is 1. The molecule has 3 nitrogen and oxygen atoms in total. The molecule has 0 N–H and O–H groups in total. The van der Waals surface area contributed by atoms with E-state index in [2.05, 4.69) is 0 Å². The van der Waals surface area contributed by atoms with Crippen LogP contribution in [-0.2, 0) is 4.79 Å². The van der Waals surface area contributed by atoms with Crippen molar-refractivity contribution in [3.05, 3.63) is 42.0 Å². The number of benzene rings is 2. The van der Waals surface area contributed by atoms with Crippen LogP contribution in [0, 0.1) is 5.41 Å². The van der Waals surface area contributed by atoms with Crippen molar-refractivity contribution < 1.29 is 14.3 Å². The SMILES string of the molecule is COc1ccc2cc(C(=O)CC(=O)C(C)(C)C)ccc2c1. The zero-order valence-corrected chi connectivity index (χ0v) is 12.9. The average molecular weight is 284 g/mol. The second-order valence-corrected chi connectivity index (χ2v) is 6.20. The third-order valence-corrected chi connectivity index (χ3v) is 3.53. The third-order valence-electron chi connectivity index (χ3n) is 3.53. The van der Waals surface area contributed by atoms with Crippen molar-refractivity contribution >= 4 is 22.3 Å². The molecule has 2 aromatic carbocycles. The number of ketones is 2. The van der Waals surface area contributed by atoms with Crippen LogP contribution in [0.2, 0.25) is 0 Å². The molecule has 0 aliphatic carbocycles. The first kappa shape index (κ1) is 15.2. The van der Waals surface area contributed by atoms with Crippen molar-refractivity contribution in [2.45, 2.75) is 27.2 Å². The highest BCUT2D eigenvalue weighted by Gasteiger charge is 2.24. The van der Waals surface area contributed by atoms with Gasteiger partial charge in [0, 0.05) is 11.0 Å². The minimum Gasteiger partial charge on any atom is -0.497 e. The van der Waals surface area contributed by atoms with Crippen molar-refractivity contribution in [3.63, 3.8) is 0 Å². The second-order valence-electron chi connectivity index (χ2n) is 6.20. The largest absolute Gasteiger partial charge is 0.497 e. The van der Waals surface area contributed by atoms with Gasteiger partial charge in [-0.3, -0.25) is 9.59 Å². The van der Waals surface area contributed by atoms with Gasteiger partial charge in [0.1, 0.15) is 11.5 Å². The lowest BCUT2D eigenvalue weighted by atomic mass is 9.87. The van der Waals surface area contributed by atoms with Crippen LogP contribution in [0.4, 0.5) is 0 Å². The maximum absolute atomic E-state index is 12.2. The van der Waals surface area contributed by atoms with E-state index in [1.165, 1.54) is 0 Å². The van der Waals surface area contributed by atoms with Crippen LogP contribution in [0.1, 0.15) is 37.6 Å². The Morgan fingerprint density at radius 3 is 2.24 bits per heavy atom. The van der Waals surface area contributed by atoms with E-state index in [9.17, 15) is 9.59 Å². The first-order valence-electron chi connectivity index (χ1n) is 6.95. The van der Waals surface area contributed by atoms with E-state index in [0.717, 1.165) is 16.5 Å². The van der Waals surface area contributed by atoms with E-state index in [1.54, 1.807) is 13.2 Å². The Bertz CT molecular complexity index is 693. The molecular weight excluding hydrogens is 264 g/mol. The van der Waals surface area contributed by atoms with Crippen molar-refractivity contribution in [2.75, 3.05) is 7.11 Å². The van der Waals surface area contributed by atoms with Crippen LogP contribution in [0.15, 0.2) is 36.4 Å². The Hall–Kier alpha value is -2.16. The Morgan fingerprint density at radius 2 is 1.62 bits per heavy atom. The molecule has 0 radical (unpaired) electrons. The van der Waals surface area contributed by atoms with Gasteiger partial charge in [0.05, 0.1) is 13.5 Å². The molecule has 0 aliphatic heterocycles. The van der Waals surface area contributed by atoms with Crippen LogP contribution in [0.3, 0.4) is 0 Å². The van der Waals surface area contributed by atoms with Gasteiger partial charge in [-0.05, 0) is 29.0 Å². The molecule has 0 amide bonds. The molecule has 21 heavy (non-hydrogen) atoms. The molecule has 2 aromatic rings. The fourth-order valence-corrected chi connectivity index (χ4v) is 2.04. The smallest absolute Gasteiger partial charge is 0.170 e. The quantitative estimate of drug-likeness (QED) is 0.628. The number of hydrogen-bond acceptors (Lipinski definition) is 3. The molecule has 0 heterocycles. The lowest BCUT2D eigenvalue weighted by molar-refractivity contribution is -0.125. The predicted molar refractivity (Wildman–Crippen MR) is 83.9 cm³/mol. The summed E-state index contributed by atoms with van der Waals surface area (Å²) in [5.74, 6) is 0.611. The van der Waals surface area contributed by atoms with E-state index < -0.39 is 5.41 Å². The first-order chi connectivity index (χ1) is 9.81. The van der Waals surface area contributed by atoms with Gasteiger partial charge in [0.25, 0.3) is 0 Å². The average Bonchev–Trinajstić information content (AvgIpc) is 2.44. The van der Waals surface area contributed by atoms with E-state index >= 15 is 0 Å². The highest BCUT2D eigenvalue weighted by Crippen LogP contribution is 2.23. The normalized spacial score (nSPS) is 11.4. The highest BCUT2D eigenvalue weighted by molar-refractivity contribution is 6.10. The fourth-order valence-electron chi connectivity index (χ4n) is 2.04. The zero-order chi connectivity index (χ0) is 15.6. The van der Waals surface area contributed by atoms with Crippen LogP contribution in [0.5, 0.6) is 5.75 Å². The molecule has 0 fully saturated rings. The summed E-state index contributed by atoms with van der Waals surface area (Å²) < 4.78 is 5.18. The minimum atomic E-state index is -0.486. The summed E-state index contributed by atoms with van der Waals surface area (Å²) in [5, 5.41) is 1.97. The van der Waals surface area contributed by atoms with E-state index in [4.69, 9.17) is 4.74 Å². The summed E-state index contributed by atoms with van der Waals surface area (Å²) in [6, 6.07) is 11.2. The van der Waals surface area contributed by atoms with Gasteiger partial charge < -0.3 is 4.74 Å². The summed E-state index contributed by atoms with van der Waals surface area (Å²) in [6.45, 7) is 5.49. The number of methoxy groups -OCH3 is 1. The molecule has 0 unspecified atom stereocenters. The molecular formula is C18H20O3. The molecule has 0 spiro atoms. The summed E-state index contributed by atoms with van der Waals surface area (Å²) in [4.78, 5) is 24.2. The number of hydrogen-bond donors (Lipinski definition) is 0. The maximum Gasteiger partial charge on any atom is 0.170 e. The van der Waals surface area contributed by atoms with Gasteiger partial charge in [-0.2, -0.15) is 0 Å². The number of rotatable bonds is 4. The highest BCUT2D eigenvalue weighted by atomic mass is 16.5. The summed E-state index contributed by atoms with van der Waals surface area (Å²) in [5.41, 5.74) is 0.0881. The summed E-state index contributed by atoms with van der Waals surface area (Å²) in [7, 11) is 1.62. The Balaban J connectivity index is 2.27. The number of carbonyl (C=O) groups excluding carboxylic acids is 2. The van der Waals surface area contributed by atoms with Crippen LogP contribution < -0.4 is 4.74 Å². The molecule has 2 rings (SSSR count). The van der Waals surface area contributed by atoms with Crippen LogP contribution in [0.25, 0.3) is 10.8 Å². The third kappa shape index (κ3) is 3.48. The molecule has 0 saturated carbocycles. The fraction of sp³-hybridized carbons (Fsp3) is 0.333. The van der Waals surface area contributed by atoms with Gasteiger partial charge in [0.15, 0.2) is 5.78 Å². The van der Waals surface area contributed by atoms with Crippen molar-refractivity contribution in [3.8, 4) is 5.75 Å². The summed E-state index contributed by atoms with van der Waals surface area (Å²) >= 11 is 0. The summed E-state index contributed by atoms with van der Waals surface area (Å²) in [6.07, 6.45) is -0.0504. The van der Waals surface area contributed by atoms with Gasteiger partial charge in [-0.25, -0.2) is 0 Å². The zero-order valence-electron chi connectivity index (χ0n) is 12.9.